The summed E-state index contributed by atoms with van der Waals surface area (Å²) in [5, 5.41) is 8.06. The molecule has 0 bridgehead atoms. The van der Waals surface area contributed by atoms with Crippen LogP contribution in [0.15, 0.2) is 36.5 Å². The number of hydrogen-bond acceptors (Lipinski definition) is 8. The molecule has 4 rings (SSSR count). The molecule has 198 valence electrons. The summed E-state index contributed by atoms with van der Waals surface area (Å²) < 4.78 is 13.1. The van der Waals surface area contributed by atoms with Crippen LogP contribution in [0.25, 0.3) is 11.1 Å². The number of aryl methyl sites for hydroxylation is 1. The number of rotatable bonds is 6. The van der Waals surface area contributed by atoms with E-state index in [-0.39, 0.29) is 12.1 Å². The largest absolute Gasteiger partial charge is 0.496 e. The topological polar surface area (TPSA) is 97.6 Å². The Bertz CT molecular complexity index is 1240. The fraction of sp³-hybridized carbons (Fsp3) is 0.481. The van der Waals surface area contributed by atoms with E-state index in [4.69, 9.17) is 19.6 Å². The number of carbonyl (C=O) groups is 1. The van der Waals surface area contributed by atoms with E-state index in [0.717, 1.165) is 34.2 Å². The van der Waals surface area contributed by atoms with Crippen molar-refractivity contribution in [1.29, 1.82) is 0 Å². The molecule has 0 aliphatic carbocycles. The number of anilines is 3. The maximum absolute atomic E-state index is 12.5. The van der Waals surface area contributed by atoms with E-state index in [9.17, 15) is 4.79 Å². The van der Waals surface area contributed by atoms with Crippen molar-refractivity contribution in [2.75, 3.05) is 43.5 Å². The molecular formula is C27H37N7O3. The van der Waals surface area contributed by atoms with Crippen molar-refractivity contribution in [3.8, 4) is 16.9 Å². The fourth-order valence-electron chi connectivity index (χ4n) is 4.20. The first-order valence-electron chi connectivity index (χ1n) is 12.6. The van der Waals surface area contributed by atoms with E-state index >= 15 is 0 Å². The van der Waals surface area contributed by atoms with E-state index in [2.05, 4.69) is 29.0 Å². The van der Waals surface area contributed by atoms with Gasteiger partial charge in [0.05, 0.1) is 13.2 Å². The number of pyridine rings is 1. The number of nitrogens with zero attached hydrogens (tertiary/aromatic N) is 6. The van der Waals surface area contributed by atoms with Gasteiger partial charge in [-0.1, -0.05) is 0 Å². The van der Waals surface area contributed by atoms with Gasteiger partial charge in [0.1, 0.15) is 11.4 Å². The summed E-state index contributed by atoms with van der Waals surface area (Å²) in [7, 11) is 1.66. The molecule has 1 aliphatic rings. The van der Waals surface area contributed by atoms with Gasteiger partial charge in [0, 0.05) is 55.4 Å². The second-order valence-electron chi connectivity index (χ2n) is 10.5. The van der Waals surface area contributed by atoms with Crippen LogP contribution in [0.4, 0.5) is 22.4 Å². The smallest absolute Gasteiger partial charge is 0.410 e. The van der Waals surface area contributed by atoms with Gasteiger partial charge in [0.2, 0.25) is 11.9 Å². The number of nitrogens with one attached hydrogen (secondary N) is 1. The molecule has 2 aromatic heterocycles. The second kappa shape index (κ2) is 10.7. The Morgan fingerprint density at radius 3 is 2.43 bits per heavy atom. The molecule has 1 fully saturated rings. The lowest BCUT2D eigenvalue weighted by molar-refractivity contribution is 0.0239. The van der Waals surface area contributed by atoms with Crippen LogP contribution in [0.5, 0.6) is 5.75 Å². The average molecular weight is 508 g/mol. The zero-order valence-electron chi connectivity index (χ0n) is 22.8. The van der Waals surface area contributed by atoms with Crippen molar-refractivity contribution in [1.82, 2.24) is 24.6 Å². The summed E-state index contributed by atoms with van der Waals surface area (Å²) in [6.07, 6.45) is 1.52. The highest BCUT2D eigenvalue weighted by Gasteiger charge is 2.28. The van der Waals surface area contributed by atoms with Gasteiger partial charge < -0.3 is 24.6 Å². The predicted octanol–water partition coefficient (Wildman–Crippen LogP) is 5.04. The first-order chi connectivity index (χ1) is 17.5. The minimum Gasteiger partial charge on any atom is -0.496 e. The van der Waals surface area contributed by atoms with Crippen molar-refractivity contribution >= 4 is 23.7 Å². The Labute approximate surface area is 218 Å². The van der Waals surface area contributed by atoms with Crippen LogP contribution < -0.4 is 15.0 Å². The zero-order valence-corrected chi connectivity index (χ0v) is 22.8. The molecule has 1 aromatic carbocycles. The molecule has 0 atom stereocenters. The lowest BCUT2D eigenvalue weighted by atomic mass is 10.0. The molecular weight excluding hydrogens is 470 g/mol. The summed E-state index contributed by atoms with van der Waals surface area (Å²) in [6.45, 7) is 14.2. The van der Waals surface area contributed by atoms with Crippen LogP contribution in [0.1, 0.15) is 46.4 Å². The SMILES string of the molecule is COc1cc(Nc2nc(N3CCN(C(=O)OC(C)(C)C)CC3)n(C(C)C)n2)ccc1-c1ccnc(C)c1. The van der Waals surface area contributed by atoms with Gasteiger partial charge in [-0.15, -0.1) is 5.10 Å². The van der Waals surface area contributed by atoms with E-state index < -0.39 is 5.60 Å². The van der Waals surface area contributed by atoms with Crippen LogP contribution in [-0.4, -0.2) is 69.6 Å². The number of aromatic nitrogens is 4. The van der Waals surface area contributed by atoms with Gasteiger partial charge in [-0.25, -0.2) is 9.48 Å². The number of hydrogen-bond donors (Lipinski definition) is 1. The third-order valence-corrected chi connectivity index (χ3v) is 5.98. The molecule has 1 N–H and O–H groups in total. The molecule has 10 heteroatoms. The van der Waals surface area contributed by atoms with Gasteiger partial charge in [-0.2, -0.15) is 4.98 Å². The number of amides is 1. The average Bonchev–Trinajstić information content (AvgIpc) is 3.27. The quantitative estimate of drug-likeness (QED) is 0.496. The van der Waals surface area contributed by atoms with Gasteiger partial charge in [-0.3, -0.25) is 4.98 Å². The molecule has 10 nitrogen and oxygen atoms in total. The van der Waals surface area contributed by atoms with E-state index in [0.29, 0.717) is 32.1 Å². The van der Waals surface area contributed by atoms with Crippen molar-refractivity contribution in [3.63, 3.8) is 0 Å². The monoisotopic (exact) mass is 507 g/mol. The summed E-state index contributed by atoms with van der Waals surface area (Å²) in [5.41, 5.74) is 3.30. The first-order valence-corrected chi connectivity index (χ1v) is 12.6. The Morgan fingerprint density at radius 1 is 1.08 bits per heavy atom. The molecule has 0 unspecified atom stereocenters. The van der Waals surface area contributed by atoms with Crippen molar-refractivity contribution in [2.45, 2.75) is 53.2 Å². The number of piperazine rings is 1. The van der Waals surface area contributed by atoms with Gasteiger partial charge in [0.25, 0.3) is 0 Å². The highest BCUT2D eigenvalue weighted by molar-refractivity contribution is 5.74. The lowest BCUT2D eigenvalue weighted by Crippen LogP contribution is -2.50. The Morgan fingerprint density at radius 2 is 1.81 bits per heavy atom. The zero-order chi connectivity index (χ0) is 26.7. The van der Waals surface area contributed by atoms with Crippen LogP contribution in [0.2, 0.25) is 0 Å². The summed E-state index contributed by atoms with van der Waals surface area (Å²) in [4.78, 5) is 25.5. The molecule has 3 heterocycles. The molecule has 0 saturated carbocycles. The van der Waals surface area contributed by atoms with E-state index in [1.165, 1.54) is 0 Å². The molecule has 37 heavy (non-hydrogen) atoms. The lowest BCUT2D eigenvalue weighted by Gasteiger charge is -2.36. The normalized spacial score (nSPS) is 14.2. The van der Waals surface area contributed by atoms with Crippen LogP contribution in [-0.2, 0) is 4.74 Å². The van der Waals surface area contributed by atoms with Crippen molar-refractivity contribution in [2.24, 2.45) is 0 Å². The van der Waals surface area contributed by atoms with Gasteiger partial charge in [-0.05, 0) is 71.4 Å². The van der Waals surface area contributed by atoms with Crippen molar-refractivity contribution in [3.05, 3.63) is 42.2 Å². The Kier molecular flexibility index (Phi) is 7.56. The molecule has 1 aliphatic heterocycles. The minimum atomic E-state index is -0.509. The highest BCUT2D eigenvalue weighted by atomic mass is 16.6. The summed E-state index contributed by atoms with van der Waals surface area (Å²) in [5.74, 6) is 2.03. The first kappa shape index (κ1) is 26.2. The maximum atomic E-state index is 12.5. The Balaban J connectivity index is 1.50. The highest BCUT2D eigenvalue weighted by Crippen LogP contribution is 2.33. The number of methoxy groups -OCH3 is 1. The maximum Gasteiger partial charge on any atom is 0.410 e. The van der Waals surface area contributed by atoms with Crippen LogP contribution in [0, 0.1) is 6.92 Å². The number of ether oxygens (including phenoxy) is 2. The third kappa shape index (κ3) is 6.31. The van der Waals surface area contributed by atoms with Gasteiger partial charge in [0.15, 0.2) is 0 Å². The summed E-state index contributed by atoms with van der Waals surface area (Å²) >= 11 is 0. The van der Waals surface area contributed by atoms with E-state index in [1.54, 1.807) is 18.2 Å². The molecule has 1 saturated heterocycles. The van der Waals surface area contributed by atoms with Gasteiger partial charge >= 0.3 is 6.09 Å². The van der Waals surface area contributed by atoms with Crippen LogP contribution >= 0.6 is 0 Å². The number of carbonyl (C=O) groups excluding carboxylic acids is 1. The summed E-state index contributed by atoms with van der Waals surface area (Å²) in [6, 6.07) is 10.1. The van der Waals surface area contributed by atoms with Crippen LogP contribution in [0.3, 0.4) is 0 Å². The number of benzene rings is 1. The fourth-order valence-corrected chi connectivity index (χ4v) is 4.20. The van der Waals surface area contributed by atoms with Crippen molar-refractivity contribution < 1.29 is 14.3 Å². The minimum absolute atomic E-state index is 0.119. The standard InChI is InChI=1S/C27H37N7O3/c1-18(2)34-25(32-12-14-33(15-13-32)26(35)37-27(4,5)6)30-24(31-34)29-21-8-9-22(23(17-21)36-7)20-10-11-28-19(3)16-20/h8-11,16-18H,12-15H2,1-7H3,(H,29,31). The molecule has 3 aromatic rings. The third-order valence-electron chi connectivity index (χ3n) is 5.98. The molecule has 0 radical (unpaired) electrons. The molecule has 0 spiro atoms. The Hall–Kier alpha value is -3.82. The predicted molar refractivity (Wildman–Crippen MR) is 145 cm³/mol. The molecule has 1 amide bonds. The second-order valence-corrected chi connectivity index (χ2v) is 10.5. The van der Waals surface area contributed by atoms with E-state index in [1.807, 2.05) is 62.7 Å².